The third-order valence-electron chi connectivity index (χ3n) is 3.74. The summed E-state index contributed by atoms with van der Waals surface area (Å²) in [6.45, 7) is 8.23. The Kier molecular flexibility index (Phi) is 5.53. The SMILES string of the molecule is CCCCc1noc(C(C)Sc2nnc(-c3cc(C)cc(C)c3)o2)n1. The highest BCUT2D eigenvalue weighted by molar-refractivity contribution is 7.99. The molecule has 0 spiro atoms. The molecule has 0 aliphatic carbocycles. The van der Waals surface area contributed by atoms with Crippen LogP contribution in [0.1, 0.15) is 54.8 Å². The lowest BCUT2D eigenvalue weighted by molar-refractivity contribution is 0.373. The Labute approximate surface area is 151 Å². The highest BCUT2D eigenvalue weighted by Gasteiger charge is 2.19. The molecule has 132 valence electrons. The summed E-state index contributed by atoms with van der Waals surface area (Å²) >= 11 is 1.42. The normalized spacial score (nSPS) is 12.5. The lowest BCUT2D eigenvalue weighted by Crippen LogP contribution is -1.91. The van der Waals surface area contributed by atoms with Crippen molar-refractivity contribution in [3.63, 3.8) is 0 Å². The minimum atomic E-state index is -0.0459. The summed E-state index contributed by atoms with van der Waals surface area (Å²) in [5, 5.41) is 12.8. The zero-order chi connectivity index (χ0) is 17.8. The fraction of sp³-hybridized carbons (Fsp3) is 0.444. The first-order chi connectivity index (χ1) is 12.0. The predicted molar refractivity (Wildman–Crippen MR) is 96.4 cm³/mol. The molecule has 0 saturated carbocycles. The lowest BCUT2D eigenvalue weighted by atomic mass is 10.1. The van der Waals surface area contributed by atoms with Crippen LogP contribution in [0, 0.1) is 13.8 Å². The van der Waals surface area contributed by atoms with Crippen LogP contribution < -0.4 is 0 Å². The second-order valence-electron chi connectivity index (χ2n) is 6.16. The van der Waals surface area contributed by atoms with Gasteiger partial charge in [-0.15, -0.1) is 10.2 Å². The smallest absolute Gasteiger partial charge is 0.277 e. The minimum absolute atomic E-state index is 0.0459. The quantitative estimate of drug-likeness (QED) is 0.554. The molecular formula is C18H22N4O2S. The number of hydrogen-bond donors (Lipinski definition) is 0. The Morgan fingerprint density at radius 3 is 2.60 bits per heavy atom. The molecule has 1 unspecified atom stereocenters. The molecule has 1 aromatic carbocycles. The van der Waals surface area contributed by atoms with E-state index in [2.05, 4.69) is 47.2 Å². The van der Waals surface area contributed by atoms with Gasteiger partial charge in [0.2, 0.25) is 11.8 Å². The lowest BCUT2D eigenvalue weighted by Gasteiger charge is -2.02. The average Bonchev–Trinajstić information content (AvgIpc) is 3.21. The number of aryl methyl sites for hydroxylation is 3. The maximum atomic E-state index is 5.79. The zero-order valence-corrected chi connectivity index (χ0v) is 15.8. The Morgan fingerprint density at radius 1 is 1.12 bits per heavy atom. The zero-order valence-electron chi connectivity index (χ0n) is 14.9. The van der Waals surface area contributed by atoms with Gasteiger partial charge in [0.15, 0.2) is 5.82 Å². The molecule has 0 saturated heterocycles. The third-order valence-corrected chi connectivity index (χ3v) is 4.66. The molecule has 3 aromatic rings. The molecule has 6 nitrogen and oxygen atoms in total. The van der Waals surface area contributed by atoms with Crippen LogP contribution in [0.3, 0.4) is 0 Å². The van der Waals surface area contributed by atoms with Crippen molar-refractivity contribution in [2.45, 2.75) is 57.4 Å². The summed E-state index contributed by atoms with van der Waals surface area (Å²) in [4.78, 5) is 4.44. The van der Waals surface area contributed by atoms with Crippen LogP contribution in [-0.2, 0) is 6.42 Å². The van der Waals surface area contributed by atoms with E-state index in [9.17, 15) is 0 Å². The van der Waals surface area contributed by atoms with E-state index < -0.39 is 0 Å². The molecule has 0 N–H and O–H groups in total. The second kappa shape index (κ2) is 7.82. The van der Waals surface area contributed by atoms with E-state index in [1.165, 1.54) is 22.9 Å². The number of aromatic nitrogens is 4. The molecule has 2 aromatic heterocycles. The van der Waals surface area contributed by atoms with Gasteiger partial charge in [-0.05, 0) is 39.3 Å². The van der Waals surface area contributed by atoms with E-state index in [4.69, 9.17) is 8.94 Å². The van der Waals surface area contributed by atoms with E-state index in [0.717, 1.165) is 30.7 Å². The molecule has 0 aliphatic heterocycles. The predicted octanol–water partition coefficient (Wildman–Crippen LogP) is 4.93. The maximum absolute atomic E-state index is 5.79. The molecule has 7 heteroatoms. The molecule has 0 amide bonds. The largest absolute Gasteiger partial charge is 0.411 e. The van der Waals surface area contributed by atoms with Crippen molar-refractivity contribution in [2.75, 3.05) is 0 Å². The first-order valence-corrected chi connectivity index (χ1v) is 9.34. The molecule has 1 atom stereocenters. The Hall–Kier alpha value is -2.15. The molecular weight excluding hydrogens is 336 g/mol. The number of thioether (sulfide) groups is 1. The highest BCUT2D eigenvalue weighted by Crippen LogP contribution is 2.34. The van der Waals surface area contributed by atoms with Crippen molar-refractivity contribution in [1.82, 2.24) is 20.3 Å². The summed E-state index contributed by atoms with van der Waals surface area (Å²) in [6, 6.07) is 6.19. The van der Waals surface area contributed by atoms with Gasteiger partial charge in [-0.3, -0.25) is 0 Å². The fourth-order valence-electron chi connectivity index (χ4n) is 2.54. The van der Waals surface area contributed by atoms with E-state index >= 15 is 0 Å². The molecule has 3 rings (SSSR count). The van der Waals surface area contributed by atoms with Gasteiger partial charge in [-0.2, -0.15) is 4.98 Å². The molecule has 0 aliphatic rings. The van der Waals surface area contributed by atoms with E-state index in [1.807, 2.05) is 19.1 Å². The van der Waals surface area contributed by atoms with E-state index in [0.29, 0.717) is 17.0 Å². The van der Waals surface area contributed by atoms with Crippen LogP contribution in [0.5, 0.6) is 0 Å². The monoisotopic (exact) mass is 358 g/mol. The highest BCUT2D eigenvalue weighted by atomic mass is 32.2. The van der Waals surface area contributed by atoms with Crippen LogP contribution >= 0.6 is 11.8 Å². The maximum Gasteiger partial charge on any atom is 0.277 e. The van der Waals surface area contributed by atoms with Gasteiger partial charge < -0.3 is 8.94 Å². The van der Waals surface area contributed by atoms with Crippen LogP contribution in [0.25, 0.3) is 11.5 Å². The Balaban J connectivity index is 1.69. The van der Waals surface area contributed by atoms with Gasteiger partial charge >= 0.3 is 0 Å². The van der Waals surface area contributed by atoms with Crippen molar-refractivity contribution >= 4 is 11.8 Å². The van der Waals surface area contributed by atoms with E-state index in [1.54, 1.807) is 0 Å². The number of nitrogens with zero attached hydrogens (tertiary/aromatic N) is 4. The first kappa shape index (κ1) is 17.7. The van der Waals surface area contributed by atoms with Crippen molar-refractivity contribution in [2.24, 2.45) is 0 Å². The summed E-state index contributed by atoms with van der Waals surface area (Å²) in [5.41, 5.74) is 3.27. The van der Waals surface area contributed by atoms with Gasteiger partial charge in [-0.25, -0.2) is 0 Å². The van der Waals surface area contributed by atoms with Crippen LogP contribution in [0.2, 0.25) is 0 Å². The van der Waals surface area contributed by atoms with Crippen LogP contribution in [0.15, 0.2) is 32.4 Å². The third kappa shape index (κ3) is 4.48. The van der Waals surface area contributed by atoms with Gasteiger partial charge in [0, 0.05) is 12.0 Å². The first-order valence-electron chi connectivity index (χ1n) is 8.46. The van der Waals surface area contributed by atoms with Crippen molar-refractivity contribution < 1.29 is 8.94 Å². The fourth-order valence-corrected chi connectivity index (χ4v) is 3.26. The van der Waals surface area contributed by atoms with Gasteiger partial charge in [0.05, 0.1) is 5.25 Å². The Morgan fingerprint density at radius 2 is 1.88 bits per heavy atom. The molecule has 0 radical (unpaired) electrons. The topological polar surface area (TPSA) is 77.8 Å². The second-order valence-corrected chi connectivity index (χ2v) is 7.45. The van der Waals surface area contributed by atoms with Gasteiger partial charge in [0.25, 0.3) is 5.22 Å². The minimum Gasteiger partial charge on any atom is -0.411 e. The van der Waals surface area contributed by atoms with Gasteiger partial charge in [-0.1, -0.05) is 47.5 Å². The number of unbranched alkanes of at least 4 members (excludes halogenated alkanes) is 1. The Bertz CT molecular complexity index is 823. The van der Waals surface area contributed by atoms with Gasteiger partial charge in [0.1, 0.15) is 0 Å². The number of rotatable bonds is 7. The summed E-state index contributed by atoms with van der Waals surface area (Å²) in [5.74, 6) is 1.86. The molecule has 25 heavy (non-hydrogen) atoms. The van der Waals surface area contributed by atoms with E-state index in [-0.39, 0.29) is 5.25 Å². The van der Waals surface area contributed by atoms with Crippen LogP contribution in [0.4, 0.5) is 0 Å². The average molecular weight is 358 g/mol. The summed E-state index contributed by atoms with van der Waals surface area (Å²) in [6.07, 6.45) is 3.01. The number of benzene rings is 1. The summed E-state index contributed by atoms with van der Waals surface area (Å²) < 4.78 is 11.1. The standard InChI is InChI=1S/C18H22N4O2S/c1-5-6-7-15-19-16(24-22-15)13(4)25-18-21-20-17(23-18)14-9-11(2)8-12(3)10-14/h8-10,13H,5-7H2,1-4H3. The van der Waals surface area contributed by atoms with Crippen LogP contribution in [-0.4, -0.2) is 20.3 Å². The molecule has 0 fully saturated rings. The number of hydrogen-bond acceptors (Lipinski definition) is 7. The van der Waals surface area contributed by atoms with Crippen molar-refractivity contribution in [3.05, 3.63) is 41.0 Å². The summed E-state index contributed by atoms with van der Waals surface area (Å²) in [7, 11) is 0. The molecule has 0 bridgehead atoms. The van der Waals surface area contributed by atoms with Crippen molar-refractivity contribution in [3.8, 4) is 11.5 Å². The van der Waals surface area contributed by atoms with Crippen molar-refractivity contribution in [1.29, 1.82) is 0 Å². The molecule has 2 heterocycles.